The lowest BCUT2D eigenvalue weighted by Crippen LogP contribution is -2.13. The number of nitrogens with one attached hydrogen (secondary N) is 1. The summed E-state index contributed by atoms with van der Waals surface area (Å²) >= 11 is 2.02. The Labute approximate surface area is 91.1 Å². The molecule has 1 amide bonds. The molecule has 0 bridgehead atoms. The lowest BCUT2D eigenvalue weighted by Gasteiger charge is -2.04. The monoisotopic (exact) mass is 290 g/mol. The molecule has 70 valence electrons. The molecule has 1 N–H and O–H groups in total. The molecule has 13 heavy (non-hydrogen) atoms. The van der Waals surface area contributed by atoms with Crippen molar-refractivity contribution in [2.75, 3.05) is 9.74 Å². The number of carbonyl (C=O) groups is 1. The van der Waals surface area contributed by atoms with Gasteiger partial charge in [-0.1, -0.05) is 22.6 Å². The number of hydrogen-bond donors (Lipinski definition) is 1. The first kappa shape index (κ1) is 10.4. The van der Waals surface area contributed by atoms with E-state index in [0.717, 1.165) is 11.3 Å². The highest BCUT2D eigenvalue weighted by Gasteiger charge is 2.01. The van der Waals surface area contributed by atoms with Crippen LogP contribution in [-0.2, 0) is 4.79 Å². The van der Waals surface area contributed by atoms with Gasteiger partial charge in [0, 0.05) is 5.69 Å². The number of pyridine rings is 1. The summed E-state index contributed by atoms with van der Waals surface area (Å²) in [6.45, 7) is 3.89. The largest absolute Gasteiger partial charge is 0.310 e. The van der Waals surface area contributed by atoms with Crippen LogP contribution in [0.15, 0.2) is 12.1 Å². The molecule has 0 saturated carbocycles. The minimum Gasteiger partial charge on any atom is -0.310 e. The van der Waals surface area contributed by atoms with Gasteiger partial charge < -0.3 is 5.32 Å². The van der Waals surface area contributed by atoms with Gasteiger partial charge in [0.1, 0.15) is 5.82 Å². The minimum atomic E-state index is -0.0156. The summed E-state index contributed by atoms with van der Waals surface area (Å²) in [4.78, 5) is 15.2. The predicted molar refractivity (Wildman–Crippen MR) is 61.2 cm³/mol. The minimum absolute atomic E-state index is 0.0156. The van der Waals surface area contributed by atoms with Gasteiger partial charge in [-0.25, -0.2) is 4.98 Å². The number of amides is 1. The van der Waals surface area contributed by atoms with Crippen LogP contribution in [-0.4, -0.2) is 15.3 Å². The van der Waals surface area contributed by atoms with Crippen molar-refractivity contribution < 1.29 is 4.79 Å². The molecule has 3 nitrogen and oxygen atoms in total. The zero-order chi connectivity index (χ0) is 9.84. The Balaban J connectivity index is 2.83. The molecular formula is C9H11IN2O. The fourth-order valence-electron chi connectivity index (χ4n) is 1.08. The third-order valence-electron chi connectivity index (χ3n) is 1.49. The van der Waals surface area contributed by atoms with Gasteiger partial charge in [0.15, 0.2) is 0 Å². The molecule has 1 rings (SSSR count). The van der Waals surface area contributed by atoms with E-state index in [4.69, 9.17) is 0 Å². The topological polar surface area (TPSA) is 42.0 Å². The van der Waals surface area contributed by atoms with E-state index in [2.05, 4.69) is 10.3 Å². The van der Waals surface area contributed by atoms with Crippen molar-refractivity contribution in [3.63, 3.8) is 0 Å². The maximum atomic E-state index is 11.0. The highest BCUT2D eigenvalue weighted by atomic mass is 127. The van der Waals surface area contributed by atoms with Gasteiger partial charge in [0.2, 0.25) is 5.91 Å². The number of anilines is 1. The second-order valence-corrected chi connectivity index (χ2v) is 3.62. The van der Waals surface area contributed by atoms with Crippen LogP contribution >= 0.6 is 22.6 Å². The molecule has 0 spiro atoms. The summed E-state index contributed by atoms with van der Waals surface area (Å²) in [5.74, 6) is 0.622. The predicted octanol–water partition coefficient (Wildman–Crippen LogP) is 2.07. The SMILES string of the molecule is Cc1cc(C)nc(NC(=O)CI)c1. The summed E-state index contributed by atoms with van der Waals surface area (Å²) in [6.07, 6.45) is 0. The zero-order valence-electron chi connectivity index (χ0n) is 7.60. The smallest absolute Gasteiger partial charge is 0.235 e. The number of hydrogen-bond acceptors (Lipinski definition) is 2. The van der Waals surface area contributed by atoms with E-state index < -0.39 is 0 Å². The number of halogens is 1. The third-order valence-corrected chi connectivity index (χ3v) is 2.18. The molecule has 0 aliphatic rings. The van der Waals surface area contributed by atoms with Crippen LogP contribution in [0.4, 0.5) is 5.82 Å². The van der Waals surface area contributed by atoms with Crippen molar-refractivity contribution in [3.05, 3.63) is 23.4 Å². The van der Waals surface area contributed by atoms with Crippen molar-refractivity contribution in [2.45, 2.75) is 13.8 Å². The van der Waals surface area contributed by atoms with Crippen LogP contribution in [0.3, 0.4) is 0 Å². The van der Waals surface area contributed by atoms with E-state index in [1.165, 1.54) is 0 Å². The van der Waals surface area contributed by atoms with Crippen LogP contribution in [0.1, 0.15) is 11.3 Å². The van der Waals surface area contributed by atoms with Gasteiger partial charge in [0.05, 0.1) is 4.43 Å². The summed E-state index contributed by atoms with van der Waals surface area (Å²) in [5.41, 5.74) is 2.03. The average molecular weight is 290 g/mol. The standard InChI is InChI=1S/C9H11IN2O/c1-6-3-7(2)11-8(4-6)12-9(13)5-10/h3-4H,5H2,1-2H3,(H,11,12,13). The normalized spacial score (nSPS) is 9.77. The number of rotatable bonds is 2. The van der Waals surface area contributed by atoms with Crippen LogP contribution in [0, 0.1) is 13.8 Å². The van der Waals surface area contributed by atoms with Gasteiger partial charge in [-0.15, -0.1) is 0 Å². The highest BCUT2D eigenvalue weighted by molar-refractivity contribution is 14.1. The molecule has 1 aromatic heterocycles. The molecule has 0 atom stereocenters. The molecular weight excluding hydrogens is 279 g/mol. The van der Waals surface area contributed by atoms with E-state index >= 15 is 0 Å². The van der Waals surface area contributed by atoms with Crippen molar-refractivity contribution >= 4 is 34.3 Å². The van der Waals surface area contributed by atoms with Gasteiger partial charge in [0.25, 0.3) is 0 Å². The van der Waals surface area contributed by atoms with Crippen LogP contribution in [0.5, 0.6) is 0 Å². The first-order chi connectivity index (χ1) is 6.11. The fourth-order valence-corrected chi connectivity index (χ4v) is 1.27. The van der Waals surface area contributed by atoms with E-state index in [-0.39, 0.29) is 5.91 Å². The van der Waals surface area contributed by atoms with Gasteiger partial charge in [-0.3, -0.25) is 4.79 Å². The number of nitrogens with zero attached hydrogens (tertiary/aromatic N) is 1. The van der Waals surface area contributed by atoms with Crippen molar-refractivity contribution in [1.29, 1.82) is 0 Å². The van der Waals surface area contributed by atoms with Crippen molar-refractivity contribution in [3.8, 4) is 0 Å². The van der Waals surface area contributed by atoms with E-state index in [1.54, 1.807) is 0 Å². The maximum Gasteiger partial charge on any atom is 0.235 e. The Morgan fingerprint density at radius 1 is 1.54 bits per heavy atom. The Morgan fingerprint density at radius 3 is 2.77 bits per heavy atom. The molecule has 4 heteroatoms. The van der Waals surface area contributed by atoms with Crippen LogP contribution < -0.4 is 5.32 Å². The summed E-state index contributed by atoms with van der Waals surface area (Å²) in [5, 5.41) is 2.72. The Hall–Kier alpha value is -0.650. The maximum absolute atomic E-state index is 11.0. The van der Waals surface area contributed by atoms with Gasteiger partial charge >= 0.3 is 0 Å². The Bertz CT molecular complexity index is 305. The second kappa shape index (κ2) is 4.55. The van der Waals surface area contributed by atoms with Crippen LogP contribution in [0.25, 0.3) is 0 Å². The number of carbonyl (C=O) groups excluding carboxylic acids is 1. The summed E-state index contributed by atoms with van der Waals surface area (Å²) in [6, 6.07) is 3.83. The molecule has 0 saturated heterocycles. The number of alkyl halides is 1. The lowest BCUT2D eigenvalue weighted by atomic mass is 10.2. The molecule has 1 heterocycles. The molecule has 1 aromatic rings. The Morgan fingerprint density at radius 2 is 2.23 bits per heavy atom. The van der Waals surface area contributed by atoms with Crippen molar-refractivity contribution in [2.24, 2.45) is 0 Å². The third kappa shape index (κ3) is 3.30. The average Bonchev–Trinajstić information content (AvgIpc) is 2.02. The Kier molecular flexibility index (Phi) is 3.65. The second-order valence-electron chi connectivity index (χ2n) is 2.85. The molecule has 0 unspecified atom stereocenters. The molecule has 0 aliphatic heterocycles. The lowest BCUT2D eigenvalue weighted by molar-refractivity contribution is -0.113. The highest BCUT2D eigenvalue weighted by Crippen LogP contribution is 2.08. The van der Waals surface area contributed by atoms with Gasteiger partial charge in [-0.05, 0) is 31.5 Å². The fraction of sp³-hybridized carbons (Fsp3) is 0.333. The zero-order valence-corrected chi connectivity index (χ0v) is 9.75. The number of aromatic nitrogens is 1. The quantitative estimate of drug-likeness (QED) is 0.669. The summed E-state index contributed by atoms with van der Waals surface area (Å²) < 4.78 is 0.451. The van der Waals surface area contributed by atoms with E-state index in [1.807, 2.05) is 48.6 Å². The van der Waals surface area contributed by atoms with Crippen molar-refractivity contribution in [1.82, 2.24) is 4.98 Å². The van der Waals surface area contributed by atoms with Gasteiger partial charge in [-0.2, -0.15) is 0 Å². The molecule has 0 aromatic carbocycles. The first-order valence-corrected chi connectivity index (χ1v) is 5.45. The van der Waals surface area contributed by atoms with E-state index in [9.17, 15) is 4.79 Å². The van der Waals surface area contributed by atoms with E-state index in [0.29, 0.717) is 10.2 Å². The molecule has 0 aliphatic carbocycles. The summed E-state index contributed by atoms with van der Waals surface area (Å²) in [7, 11) is 0. The first-order valence-electron chi connectivity index (χ1n) is 3.93. The molecule has 0 radical (unpaired) electrons. The molecule has 0 fully saturated rings. The number of aryl methyl sites for hydroxylation is 2. The van der Waals surface area contributed by atoms with Crippen LogP contribution in [0.2, 0.25) is 0 Å².